The predicted octanol–water partition coefficient (Wildman–Crippen LogP) is 32.2. The lowest BCUT2D eigenvalue weighted by atomic mass is 9.33. The highest BCUT2D eigenvalue weighted by molar-refractivity contribution is 7.00. The highest BCUT2D eigenvalue weighted by atomic mass is 15.2. The number of nitrogens with zero attached hydrogens (tertiary/aromatic N) is 3. The number of anilines is 4. The summed E-state index contributed by atoms with van der Waals surface area (Å²) in [5.74, 6) is 0. The van der Waals surface area contributed by atoms with E-state index in [0.717, 1.165) is 138 Å². The van der Waals surface area contributed by atoms with E-state index >= 15 is 0 Å². The van der Waals surface area contributed by atoms with Crippen molar-refractivity contribution in [2.75, 3.05) is 22.9 Å². The Morgan fingerprint density at radius 1 is 0.217 bits per heavy atom. The van der Waals surface area contributed by atoms with Gasteiger partial charge in [-0.1, -0.05) is 420 Å². The lowest BCUT2D eigenvalue weighted by Crippen LogP contribution is -2.62. The van der Waals surface area contributed by atoms with Crippen LogP contribution in [-0.4, -0.2) is 24.4 Å². The van der Waals surface area contributed by atoms with Crippen LogP contribution in [0.4, 0.5) is 22.7 Å². The first kappa shape index (κ1) is 73.3. The Balaban J connectivity index is 0.562. The molecule has 3 nitrogen and oxygen atoms in total. The number of para-hydroxylation sites is 2. The predicted molar refractivity (Wildman–Crippen MR) is 580 cm³/mol. The van der Waals surface area contributed by atoms with Gasteiger partial charge in [0.2, 0.25) is 0 Å². The molecular formula is C134H100BN3. The van der Waals surface area contributed by atoms with Crippen molar-refractivity contribution in [2.24, 2.45) is 0 Å². The minimum atomic E-state index is -0.494. The maximum atomic E-state index is 9.82. The van der Waals surface area contributed by atoms with Crippen LogP contribution in [0.15, 0.2) is 461 Å². The quantitative estimate of drug-likeness (QED) is 0.0495. The van der Waals surface area contributed by atoms with Crippen molar-refractivity contribution in [2.45, 2.75) is 75.0 Å². The van der Waals surface area contributed by atoms with Crippen molar-refractivity contribution in [3.63, 3.8) is 0 Å². The van der Waals surface area contributed by atoms with Crippen LogP contribution in [0.1, 0.15) is 118 Å². The van der Waals surface area contributed by atoms with Crippen molar-refractivity contribution in [3.05, 3.63) is 516 Å². The fraction of sp³-hybridized carbons (Fsp3) is 0.104. The fourth-order valence-electron chi connectivity index (χ4n) is 25.2. The maximum absolute atomic E-state index is 9.82. The molecule has 6 aliphatic rings. The third-order valence-corrected chi connectivity index (χ3v) is 31.2. The van der Waals surface area contributed by atoms with Crippen LogP contribution in [0.5, 0.6) is 0 Å². The van der Waals surface area contributed by atoms with E-state index in [1.165, 1.54) is 150 Å². The van der Waals surface area contributed by atoms with Crippen LogP contribution in [0.25, 0.3) is 150 Å². The first-order chi connectivity index (χ1) is 71.8. The van der Waals surface area contributed by atoms with Gasteiger partial charge >= 0.3 is 0 Å². The van der Waals surface area contributed by atoms with Gasteiger partial charge in [-0.2, -0.15) is 0 Å². The van der Waals surface area contributed by atoms with Gasteiger partial charge in [-0.25, -0.2) is 0 Å². The van der Waals surface area contributed by atoms with E-state index in [-0.39, 0.29) is 52.7 Å². The molecule has 0 saturated heterocycles. The summed E-state index contributed by atoms with van der Waals surface area (Å²) in [6.07, 6.45) is 9.25. The molecule has 2 aliphatic heterocycles. The first-order valence-corrected chi connectivity index (χ1v) is 49.3. The third kappa shape index (κ3) is 12.9. The minimum absolute atomic E-state index is 0.0464. The van der Waals surface area contributed by atoms with Crippen LogP contribution in [0.2, 0.25) is 0 Å². The maximum Gasteiger partial charge on any atom is 0.252 e. The smallest absolute Gasteiger partial charge is 0.252 e. The van der Waals surface area contributed by atoms with Crippen molar-refractivity contribution < 1.29 is 11.0 Å². The van der Waals surface area contributed by atoms with Gasteiger partial charge in [0, 0.05) is 52.3 Å². The Labute approximate surface area is 820 Å². The molecule has 654 valence electrons. The molecule has 4 heteroatoms. The van der Waals surface area contributed by atoms with Gasteiger partial charge in [-0.3, -0.25) is 0 Å². The number of benzene rings is 20. The molecule has 0 unspecified atom stereocenters. The topological polar surface area (TPSA) is 11.4 Å². The van der Waals surface area contributed by atoms with Crippen LogP contribution in [-0.2, 0) is 23.7 Å². The molecule has 0 N–H and O–H groups in total. The van der Waals surface area contributed by atoms with Crippen molar-refractivity contribution >= 4 is 67.7 Å². The Hall–Kier alpha value is -16.1. The highest BCUT2D eigenvalue weighted by Crippen LogP contribution is 2.66. The summed E-state index contributed by atoms with van der Waals surface area (Å²) in [5.41, 5.74) is 47.3. The largest absolute Gasteiger partial charge is 0.342 e. The zero-order valence-corrected chi connectivity index (χ0v) is 76.7. The number of aryl methyl sites for hydroxylation is 2. The molecule has 27 rings (SSSR count). The molecule has 0 atom stereocenters. The second-order valence-corrected chi connectivity index (χ2v) is 38.3. The monoisotopic (exact) mass is 1770 g/mol. The second kappa shape index (κ2) is 33.4. The van der Waals surface area contributed by atoms with Crippen LogP contribution < -0.4 is 26.2 Å². The second-order valence-electron chi connectivity index (χ2n) is 38.3. The zero-order chi connectivity index (χ0) is 97.9. The molecule has 0 amide bonds. The van der Waals surface area contributed by atoms with E-state index < -0.39 is 35.0 Å². The van der Waals surface area contributed by atoms with Gasteiger partial charge in [-0.15, -0.1) is 0 Å². The van der Waals surface area contributed by atoms with Crippen LogP contribution in [0.3, 0.4) is 0 Å². The van der Waals surface area contributed by atoms with Gasteiger partial charge in [0.05, 0.1) is 32.8 Å². The Morgan fingerprint density at radius 3 is 0.964 bits per heavy atom. The van der Waals surface area contributed by atoms with Crippen LogP contribution >= 0.6 is 0 Å². The first-order valence-electron chi connectivity index (χ1n) is 53.3. The lowest BCUT2D eigenvalue weighted by Gasteiger charge is -2.45. The number of hydrogen-bond donors (Lipinski definition) is 0. The minimum Gasteiger partial charge on any atom is -0.342 e. The van der Waals surface area contributed by atoms with Gasteiger partial charge in [-0.05, 0) is 300 Å². The standard InChI is InChI=1S/C134H100BN3/c1(9-47-93-67-69-95(89-39-11-5-12-40-89)81-114(93)97-71-75-110-108-55-25-33-63-120(108)133(122(110)83-97)116-59-29-21-51-104(116)105-52-22-30-60-117(105)133)3-37-79-136-128-85-99(103-50-20-19-49-102(103)92-45-17-8-18-46-92)73-77-124(128)135-125-78-74-101(138-126-65-35-27-57-112(126)113-58-28-36-66-127(113)138)88-129(125)137(131-87-100(86-130(136)132(131)135)91-43-15-7-16-44-91)80-38-4-2-10-48-94-68-70-96(90-41-13-6-14-42-90)82-115(94)98-72-76-111-109-56-26-34-64-121(109)134(123(111)84-98)118-61-31-23-53-106(118)107-54-24-32-62-119(107)134/h5-8,11-36,39-46,49-78,81-88H,1-4,9-10,37-38,47-48,79-80H2/i27D,28D,35D,36D,57D,58D,65D,66D. The zero-order valence-electron chi connectivity index (χ0n) is 84.7. The molecule has 138 heavy (non-hydrogen) atoms. The number of unbranched alkanes of at least 4 members (excludes halogenated alkanes) is 6. The Kier molecular flexibility index (Phi) is 17.8. The Bertz CT molecular complexity index is 8760. The summed E-state index contributed by atoms with van der Waals surface area (Å²) in [7, 11) is 0. The SMILES string of the molecule is [2H]c1c([2H])c([2H])c2c(c1[2H])c1c([2H])c([2H])c([2H])c([2H])c1n2-c1ccc2c(c1)N(CCCCCCc1ccc(-c3ccccc3)cc1-c1ccc3c(c1)C1(c4ccccc4-c4ccccc41)c1ccccc1-3)c1cc(-c3ccccc3)cc3c1B2c1ccc(-c2ccccc2-c2ccccc2)cc1N3CCCCCCc1ccc(-c2ccccc2)cc1-c1ccc2c(c1)C1(c3ccccc3-c3ccccc31)c1ccccc1-2. The lowest BCUT2D eigenvalue weighted by molar-refractivity contribution is 0.642. The van der Waals surface area contributed by atoms with E-state index in [2.05, 4.69) is 416 Å². The molecule has 0 fully saturated rings. The van der Waals surface area contributed by atoms with E-state index in [9.17, 15) is 8.22 Å². The van der Waals surface area contributed by atoms with Gasteiger partial charge in [0.25, 0.3) is 6.71 Å². The summed E-state index contributed by atoms with van der Waals surface area (Å²) < 4.78 is 77.2. The van der Waals surface area contributed by atoms with E-state index in [1.807, 2.05) is 6.07 Å². The molecule has 21 aromatic rings. The average Bonchev–Trinajstić information content (AvgIpc) is 1.54. The number of hydrogen-bond acceptors (Lipinski definition) is 2. The van der Waals surface area contributed by atoms with E-state index in [4.69, 9.17) is 2.74 Å². The van der Waals surface area contributed by atoms with Crippen LogP contribution in [0, 0.1) is 0 Å². The van der Waals surface area contributed by atoms with Crippen molar-refractivity contribution in [1.29, 1.82) is 0 Å². The van der Waals surface area contributed by atoms with E-state index in [1.54, 1.807) is 4.57 Å². The molecular weight excluding hydrogens is 1660 g/mol. The fourth-order valence-corrected chi connectivity index (χ4v) is 25.2. The summed E-state index contributed by atoms with van der Waals surface area (Å²) in [5, 5.41) is 0.0928. The number of aromatic nitrogens is 1. The van der Waals surface area contributed by atoms with Gasteiger partial charge in [0.15, 0.2) is 0 Å². The number of fused-ring (bicyclic) bond motifs is 27. The molecule has 1 aromatic heterocycles. The summed E-state index contributed by atoms with van der Waals surface area (Å²) in [6, 6.07) is 150. The number of rotatable bonds is 22. The van der Waals surface area contributed by atoms with E-state index in [0.29, 0.717) is 12.2 Å². The Morgan fingerprint density at radius 2 is 0.536 bits per heavy atom. The molecule has 20 aromatic carbocycles. The molecule has 0 saturated carbocycles. The molecule has 3 heterocycles. The highest BCUT2D eigenvalue weighted by Gasteiger charge is 2.54. The molecule has 0 bridgehead atoms. The van der Waals surface area contributed by atoms with Crippen molar-refractivity contribution in [3.8, 4) is 128 Å². The third-order valence-electron chi connectivity index (χ3n) is 31.2. The summed E-state index contributed by atoms with van der Waals surface area (Å²) >= 11 is 0. The molecule has 2 spiro atoms. The summed E-state index contributed by atoms with van der Waals surface area (Å²) in [4.78, 5) is 5.19. The normalized spacial score (nSPS) is 14.3. The van der Waals surface area contributed by atoms with Gasteiger partial charge in [0.1, 0.15) is 0 Å². The average molecular weight is 1770 g/mol. The molecule has 4 aliphatic carbocycles. The summed E-state index contributed by atoms with van der Waals surface area (Å²) in [6.45, 7) is 1.01. The van der Waals surface area contributed by atoms with Crippen molar-refractivity contribution in [1.82, 2.24) is 4.57 Å². The molecule has 0 radical (unpaired) electrons. The van der Waals surface area contributed by atoms with Gasteiger partial charge < -0.3 is 14.4 Å².